The summed E-state index contributed by atoms with van der Waals surface area (Å²) in [6.45, 7) is 6.40. The van der Waals surface area contributed by atoms with Gasteiger partial charge in [-0.25, -0.2) is 4.98 Å². The molecule has 1 aliphatic carbocycles. The van der Waals surface area contributed by atoms with Gasteiger partial charge in [0.25, 0.3) is 0 Å². The van der Waals surface area contributed by atoms with Gasteiger partial charge in [0.05, 0.1) is 15.6 Å². The molecule has 0 fully saturated rings. The monoisotopic (exact) mass is 191 g/mol. The van der Waals surface area contributed by atoms with Crippen LogP contribution in [-0.2, 0) is 0 Å². The number of aryl methyl sites for hydroxylation is 1. The summed E-state index contributed by atoms with van der Waals surface area (Å²) in [5, 5.41) is 1.16. The van der Waals surface area contributed by atoms with Gasteiger partial charge in [0.2, 0.25) is 0 Å². The van der Waals surface area contributed by atoms with Gasteiger partial charge in [-0.2, -0.15) is 0 Å². The first-order valence-electron chi connectivity index (χ1n) is 4.50. The zero-order valence-electron chi connectivity index (χ0n) is 8.16. The lowest BCUT2D eigenvalue weighted by Crippen LogP contribution is -1.91. The van der Waals surface area contributed by atoms with Crippen molar-refractivity contribution in [1.29, 1.82) is 0 Å². The van der Waals surface area contributed by atoms with Crippen molar-refractivity contribution in [1.82, 2.24) is 4.98 Å². The Bertz CT molecular complexity index is 385. The van der Waals surface area contributed by atoms with Crippen LogP contribution in [0.25, 0.3) is 6.08 Å². The van der Waals surface area contributed by atoms with E-state index in [1.165, 1.54) is 16.1 Å². The zero-order valence-corrected chi connectivity index (χ0v) is 8.98. The van der Waals surface area contributed by atoms with E-state index in [-0.39, 0.29) is 0 Å². The molecule has 13 heavy (non-hydrogen) atoms. The number of aromatic nitrogens is 1. The van der Waals surface area contributed by atoms with Crippen LogP contribution in [0.4, 0.5) is 0 Å². The Kier molecular flexibility index (Phi) is 2.08. The normalized spacial score (nSPS) is 20.8. The maximum absolute atomic E-state index is 4.55. The van der Waals surface area contributed by atoms with Gasteiger partial charge in [0.1, 0.15) is 0 Å². The van der Waals surface area contributed by atoms with E-state index in [0.717, 1.165) is 5.01 Å². The first-order valence-corrected chi connectivity index (χ1v) is 5.32. The molecule has 1 atom stereocenters. The molecule has 1 aliphatic rings. The quantitative estimate of drug-likeness (QED) is 0.611. The molecule has 0 bridgehead atoms. The minimum Gasteiger partial charge on any atom is -0.245 e. The van der Waals surface area contributed by atoms with Crippen molar-refractivity contribution in [3.05, 3.63) is 33.3 Å². The standard InChI is InChI=1S/C11H13NS/c1-7-4-5-10-11(8(2)6-7)12-9(3)13-10/h4-6,8H,1-3H3. The number of fused-ring (bicyclic) bond motifs is 1. The van der Waals surface area contributed by atoms with Crippen LogP contribution in [0.15, 0.2) is 17.7 Å². The van der Waals surface area contributed by atoms with E-state index in [1.807, 2.05) is 0 Å². The number of thiazole rings is 1. The molecule has 0 saturated heterocycles. The van der Waals surface area contributed by atoms with Gasteiger partial charge in [-0.15, -0.1) is 11.3 Å². The summed E-state index contributed by atoms with van der Waals surface area (Å²) in [6.07, 6.45) is 6.61. The van der Waals surface area contributed by atoms with Gasteiger partial charge in [-0.05, 0) is 19.9 Å². The van der Waals surface area contributed by atoms with Gasteiger partial charge in [-0.1, -0.05) is 24.6 Å². The maximum Gasteiger partial charge on any atom is 0.0903 e. The lowest BCUT2D eigenvalue weighted by Gasteiger charge is -2.02. The molecule has 0 saturated carbocycles. The van der Waals surface area contributed by atoms with Gasteiger partial charge >= 0.3 is 0 Å². The highest BCUT2D eigenvalue weighted by Gasteiger charge is 2.14. The Hall–Kier alpha value is -0.890. The summed E-state index contributed by atoms with van der Waals surface area (Å²) >= 11 is 1.78. The van der Waals surface area contributed by atoms with E-state index in [1.54, 1.807) is 11.3 Å². The Morgan fingerprint density at radius 2 is 2.08 bits per heavy atom. The lowest BCUT2D eigenvalue weighted by molar-refractivity contribution is 0.907. The summed E-state index contributed by atoms with van der Waals surface area (Å²) < 4.78 is 0. The van der Waals surface area contributed by atoms with E-state index >= 15 is 0 Å². The van der Waals surface area contributed by atoms with Crippen LogP contribution in [0.2, 0.25) is 0 Å². The molecule has 0 aliphatic heterocycles. The summed E-state index contributed by atoms with van der Waals surface area (Å²) in [6, 6.07) is 0. The molecule has 1 nitrogen and oxygen atoms in total. The van der Waals surface area contributed by atoms with Gasteiger partial charge in [0, 0.05) is 5.92 Å². The molecule has 1 heterocycles. The maximum atomic E-state index is 4.55. The third-order valence-electron chi connectivity index (χ3n) is 2.23. The van der Waals surface area contributed by atoms with Crippen LogP contribution in [0.1, 0.15) is 35.3 Å². The largest absolute Gasteiger partial charge is 0.245 e. The predicted molar refractivity (Wildman–Crippen MR) is 58.1 cm³/mol. The van der Waals surface area contributed by atoms with E-state index in [2.05, 4.69) is 44.0 Å². The van der Waals surface area contributed by atoms with Crippen molar-refractivity contribution in [3.63, 3.8) is 0 Å². The van der Waals surface area contributed by atoms with Crippen LogP contribution < -0.4 is 0 Å². The molecule has 0 radical (unpaired) electrons. The molecule has 0 amide bonds. The minimum absolute atomic E-state index is 0.454. The molecule has 1 aromatic heterocycles. The van der Waals surface area contributed by atoms with Crippen molar-refractivity contribution >= 4 is 17.4 Å². The highest BCUT2D eigenvalue weighted by molar-refractivity contribution is 7.12. The van der Waals surface area contributed by atoms with Crippen molar-refractivity contribution in [3.8, 4) is 0 Å². The van der Waals surface area contributed by atoms with E-state index in [4.69, 9.17) is 0 Å². The van der Waals surface area contributed by atoms with Crippen molar-refractivity contribution in [2.75, 3.05) is 0 Å². The fraction of sp³-hybridized carbons (Fsp3) is 0.364. The topological polar surface area (TPSA) is 12.9 Å². The molecule has 2 heteroatoms. The second kappa shape index (κ2) is 3.11. The van der Waals surface area contributed by atoms with Crippen LogP contribution in [-0.4, -0.2) is 4.98 Å². The van der Waals surface area contributed by atoms with Gasteiger partial charge < -0.3 is 0 Å². The Labute approximate surface area is 82.8 Å². The first-order chi connectivity index (χ1) is 6.16. The van der Waals surface area contributed by atoms with Crippen molar-refractivity contribution < 1.29 is 0 Å². The molecule has 0 spiro atoms. The molecule has 1 aromatic rings. The van der Waals surface area contributed by atoms with Gasteiger partial charge in [0.15, 0.2) is 0 Å². The fourth-order valence-electron chi connectivity index (χ4n) is 1.64. The third kappa shape index (κ3) is 1.59. The molecule has 68 valence electrons. The average Bonchev–Trinajstić information content (AvgIpc) is 2.38. The van der Waals surface area contributed by atoms with E-state index in [0.29, 0.717) is 5.92 Å². The number of allylic oxidation sites excluding steroid dienone is 3. The Morgan fingerprint density at radius 3 is 2.85 bits per heavy atom. The van der Waals surface area contributed by atoms with E-state index < -0.39 is 0 Å². The smallest absolute Gasteiger partial charge is 0.0903 e. The molecular weight excluding hydrogens is 178 g/mol. The van der Waals surface area contributed by atoms with Crippen LogP contribution in [0, 0.1) is 6.92 Å². The fourth-order valence-corrected chi connectivity index (χ4v) is 2.57. The number of rotatable bonds is 0. The van der Waals surface area contributed by atoms with Gasteiger partial charge in [-0.3, -0.25) is 0 Å². The number of hydrogen-bond acceptors (Lipinski definition) is 2. The highest BCUT2D eigenvalue weighted by atomic mass is 32.1. The lowest BCUT2D eigenvalue weighted by atomic mass is 10.1. The summed E-state index contributed by atoms with van der Waals surface area (Å²) in [4.78, 5) is 5.87. The minimum atomic E-state index is 0.454. The average molecular weight is 191 g/mol. The molecule has 0 aromatic carbocycles. The Morgan fingerprint density at radius 1 is 1.31 bits per heavy atom. The molecule has 0 N–H and O–H groups in total. The SMILES string of the molecule is CC1=CC(C)c2nc(C)sc2C=C1. The summed E-state index contributed by atoms with van der Waals surface area (Å²) in [7, 11) is 0. The Balaban J connectivity index is 2.53. The predicted octanol–water partition coefficient (Wildman–Crippen LogP) is 3.53. The van der Waals surface area contributed by atoms with Crippen molar-refractivity contribution in [2.45, 2.75) is 26.7 Å². The molecule has 1 unspecified atom stereocenters. The second-order valence-corrected chi connectivity index (χ2v) is 4.75. The molecular formula is C11H13NS. The third-order valence-corrected chi connectivity index (χ3v) is 3.18. The number of nitrogens with zero attached hydrogens (tertiary/aromatic N) is 1. The van der Waals surface area contributed by atoms with Crippen LogP contribution >= 0.6 is 11.3 Å². The second-order valence-electron chi connectivity index (χ2n) is 3.52. The summed E-state index contributed by atoms with van der Waals surface area (Å²) in [5.74, 6) is 0.454. The molecule has 2 rings (SSSR count). The van der Waals surface area contributed by atoms with Crippen LogP contribution in [0.5, 0.6) is 0 Å². The highest BCUT2D eigenvalue weighted by Crippen LogP contribution is 2.30. The zero-order chi connectivity index (χ0) is 9.42. The van der Waals surface area contributed by atoms with E-state index in [9.17, 15) is 0 Å². The van der Waals surface area contributed by atoms with Crippen LogP contribution in [0.3, 0.4) is 0 Å². The number of hydrogen-bond donors (Lipinski definition) is 0. The summed E-state index contributed by atoms with van der Waals surface area (Å²) in [5.41, 5.74) is 2.56. The van der Waals surface area contributed by atoms with Crippen molar-refractivity contribution in [2.24, 2.45) is 0 Å². The first kappa shape index (κ1) is 8.70.